The van der Waals surface area contributed by atoms with Crippen LogP contribution < -0.4 is 11.1 Å². The highest BCUT2D eigenvalue weighted by atomic mass is 32.1. The van der Waals surface area contributed by atoms with Gasteiger partial charge in [-0.2, -0.15) is 0 Å². The zero-order valence-electron chi connectivity index (χ0n) is 12.6. The quantitative estimate of drug-likeness (QED) is 0.847. The van der Waals surface area contributed by atoms with E-state index in [1.165, 1.54) is 28.6 Å². The highest BCUT2D eigenvalue weighted by molar-refractivity contribution is 7.12. The average Bonchev–Trinajstić information content (AvgIpc) is 2.78. The lowest BCUT2D eigenvalue weighted by atomic mass is 10.1. The molecule has 0 radical (unpaired) electrons. The van der Waals surface area contributed by atoms with Crippen LogP contribution in [0.25, 0.3) is 0 Å². The van der Waals surface area contributed by atoms with Crippen molar-refractivity contribution in [1.29, 1.82) is 0 Å². The van der Waals surface area contributed by atoms with Crippen molar-refractivity contribution in [3.8, 4) is 0 Å². The summed E-state index contributed by atoms with van der Waals surface area (Å²) < 4.78 is 4.77. The van der Waals surface area contributed by atoms with E-state index < -0.39 is 5.97 Å². The van der Waals surface area contributed by atoms with Crippen molar-refractivity contribution in [2.24, 2.45) is 0 Å². The Morgan fingerprint density at radius 2 is 2.14 bits per heavy atom. The first-order chi connectivity index (χ1) is 9.92. The maximum absolute atomic E-state index is 11.8. The lowest BCUT2D eigenvalue weighted by molar-refractivity contribution is 0.0601. The highest BCUT2D eigenvalue weighted by Crippen LogP contribution is 2.29. The fraction of sp³-hybridized carbons (Fsp3) is 0.333. The Hall–Kier alpha value is -2.08. The van der Waals surface area contributed by atoms with E-state index in [1.807, 2.05) is 6.92 Å². The zero-order valence-corrected chi connectivity index (χ0v) is 13.4. The number of aryl methyl sites for hydroxylation is 2. The molecule has 2 rings (SSSR count). The van der Waals surface area contributed by atoms with Gasteiger partial charge in [-0.3, -0.25) is 0 Å². The molecule has 0 spiro atoms. The lowest BCUT2D eigenvalue weighted by Crippen LogP contribution is -2.14. The monoisotopic (exact) mass is 305 g/mol. The molecule has 0 amide bonds. The van der Waals surface area contributed by atoms with E-state index in [4.69, 9.17) is 10.5 Å². The van der Waals surface area contributed by atoms with E-state index in [0.717, 1.165) is 0 Å². The second kappa shape index (κ2) is 6.13. The van der Waals surface area contributed by atoms with Crippen molar-refractivity contribution in [2.75, 3.05) is 18.2 Å². The van der Waals surface area contributed by atoms with Gasteiger partial charge in [0.25, 0.3) is 0 Å². The molecule has 0 aromatic carbocycles. The fourth-order valence-corrected chi connectivity index (χ4v) is 3.25. The molecule has 3 N–H and O–H groups in total. The van der Waals surface area contributed by atoms with Gasteiger partial charge in [0.05, 0.1) is 25.0 Å². The third-order valence-electron chi connectivity index (χ3n) is 3.21. The van der Waals surface area contributed by atoms with E-state index in [9.17, 15) is 4.79 Å². The summed E-state index contributed by atoms with van der Waals surface area (Å²) in [5.41, 5.74) is 7.66. The van der Waals surface area contributed by atoms with Gasteiger partial charge in [-0.1, -0.05) is 0 Å². The molecule has 0 saturated carbocycles. The SMILES string of the molecule is COC(=O)c1cc(N)cnc1NC(C)c1cc(C)sc1C. The molecular weight excluding hydrogens is 286 g/mol. The van der Waals surface area contributed by atoms with Crippen LogP contribution >= 0.6 is 11.3 Å². The van der Waals surface area contributed by atoms with Gasteiger partial charge in [0.15, 0.2) is 0 Å². The molecule has 2 heterocycles. The van der Waals surface area contributed by atoms with Crippen LogP contribution in [0.4, 0.5) is 11.5 Å². The smallest absolute Gasteiger partial charge is 0.341 e. The summed E-state index contributed by atoms with van der Waals surface area (Å²) in [6.07, 6.45) is 1.52. The summed E-state index contributed by atoms with van der Waals surface area (Å²) in [7, 11) is 1.34. The number of nitrogens with one attached hydrogen (secondary N) is 1. The number of aromatic nitrogens is 1. The minimum atomic E-state index is -0.456. The van der Waals surface area contributed by atoms with Gasteiger partial charge < -0.3 is 15.8 Å². The molecule has 1 atom stereocenters. The highest BCUT2D eigenvalue weighted by Gasteiger charge is 2.18. The molecular formula is C15H19N3O2S. The number of hydrogen-bond donors (Lipinski definition) is 2. The number of nitrogens with two attached hydrogens (primary N) is 1. The van der Waals surface area contributed by atoms with Gasteiger partial charge in [0, 0.05) is 9.75 Å². The Kier molecular flexibility index (Phi) is 4.47. The Labute approximate surface area is 128 Å². The molecule has 0 aliphatic carbocycles. The number of carbonyl (C=O) groups is 1. The molecule has 0 saturated heterocycles. The predicted molar refractivity (Wildman–Crippen MR) is 85.8 cm³/mol. The van der Waals surface area contributed by atoms with E-state index in [0.29, 0.717) is 17.1 Å². The van der Waals surface area contributed by atoms with Gasteiger partial charge in [-0.05, 0) is 38.5 Å². The number of nitrogen functional groups attached to an aromatic ring is 1. The number of esters is 1. The average molecular weight is 305 g/mol. The number of methoxy groups -OCH3 is 1. The van der Waals surface area contributed by atoms with E-state index >= 15 is 0 Å². The van der Waals surface area contributed by atoms with E-state index in [-0.39, 0.29) is 6.04 Å². The maximum Gasteiger partial charge on any atom is 0.341 e. The first-order valence-corrected chi connectivity index (χ1v) is 7.41. The molecule has 2 aromatic heterocycles. The molecule has 0 fully saturated rings. The molecule has 2 aromatic rings. The van der Waals surface area contributed by atoms with Gasteiger partial charge in [0.2, 0.25) is 0 Å². The Morgan fingerprint density at radius 3 is 2.71 bits per heavy atom. The van der Waals surface area contributed by atoms with Crippen molar-refractivity contribution in [1.82, 2.24) is 4.98 Å². The summed E-state index contributed by atoms with van der Waals surface area (Å²) in [6, 6.07) is 3.75. The summed E-state index contributed by atoms with van der Waals surface area (Å²) in [6.45, 7) is 6.20. The fourth-order valence-electron chi connectivity index (χ4n) is 2.22. The molecule has 0 bridgehead atoms. The normalized spacial score (nSPS) is 12.0. The molecule has 6 heteroatoms. The van der Waals surface area contributed by atoms with Gasteiger partial charge >= 0.3 is 5.97 Å². The number of nitrogens with zero attached hydrogens (tertiary/aromatic N) is 1. The van der Waals surface area contributed by atoms with Crippen molar-refractivity contribution < 1.29 is 9.53 Å². The van der Waals surface area contributed by atoms with Crippen LogP contribution in [0, 0.1) is 13.8 Å². The molecule has 21 heavy (non-hydrogen) atoms. The van der Waals surface area contributed by atoms with Crippen LogP contribution in [0.2, 0.25) is 0 Å². The number of thiophene rings is 1. The Balaban J connectivity index is 2.31. The minimum Gasteiger partial charge on any atom is -0.465 e. The summed E-state index contributed by atoms with van der Waals surface area (Å²) >= 11 is 1.75. The van der Waals surface area contributed by atoms with Crippen LogP contribution in [0.15, 0.2) is 18.3 Å². The number of anilines is 2. The topological polar surface area (TPSA) is 77.2 Å². The Bertz CT molecular complexity index is 667. The third-order valence-corrected chi connectivity index (χ3v) is 4.19. The maximum atomic E-state index is 11.8. The molecule has 1 unspecified atom stereocenters. The zero-order chi connectivity index (χ0) is 15.6. The van der Waals surface area contributed by atoms with Crippen LogP contribution in [0.1, 0.15) is 38.6 Å². The van der Waals surface area contributed by atoms with Crippen molar-refractivity contribution >= 4 is 28.8 Å². The summed E-state index contributed by atoms with van der Waals surface area (Å²) in [5.74, 6) is 0.0227. The second-order valence-corrected chi connectivity index (χ2v) is 6.35. The third kappa shape index (κ3) is 3.33. The lowest BCUT2D eigenvalue weighted by Gasteiger charge is -2.17. The van der Waals surface area contributed by atoms with E-state index in [1.54, 1.807) is 17.4 Å². The van der Waals surface area contributed by atoms with Crippen LogP contribution in [0.5, 0.6) is 0 Å². The van der Waals surface area contributed by atoms with Crippen LogP contribution in [-0.4, -0.2) is 18.1 Å². The molecule has 5 nitrogen and oxygen atoms in total. The number of rotatable bonds is 4. The van der Waals surface area contributed by atoms with Crippen molar-refractivity contribution in [3.05, 3.63) is 39.2 Å². The van der Waals surface area contributed by atoms with Gasteiger partial charge in [-0.15, -0.1) is 11.3 Å². The Morgan fingerprint density at radius 1 is 1.43 bits per heavy atom. The van der Waals surface area contributed by atoms with E-state index in [2.05, 4.69) is 30.2 Å². The van der Waals surface area contributed by atoms with Gasteiger partial charge in [-0.25, -0.2) is 9.78 Å². The molecule has 0 aliphatic heterocycles. The summed E-state index contributed by atoms with van der Waals surface area (Å²) in [5, 5.41) is 3.26. The number of pyridine rings is 1. The van der Waals surface area contributed by atoms with Crippen LogP contribution in [0.3, 0.4) is 0 Å². The van der Waals surface area contributed by atoms with Crippen molar-refractivity contribution in [2.45, 2.75) is 26.8 Å². The summed E-state index contributed by atoms with van der Waals surface area (Å²) in [4.78, 5) is 18.5. The molecule has 0 aliphatic rings. The van der Waals surface area contributed by atoms with Crippen LogP contribution in [-0.2, 0) is 4.74 Å². The standard InChI is InChI=1S/C15H19N3O2S/c1-8-5-12(10(3)21-8)9(2)18-14-13(15(19)20-4)6-11(16)7-17-14/h5-7,9H,16H2,1-4H3,(H,17,18). The second-order valence-electron chi connectivity index (χ2n) is 4.89. The largest absolute Gasteiger partial charge is 0.465 e. The number of carbonyl (C=O) groups excluding carboxylic acids is 1. The predicted octanol–water partition coefficient (Wildman–Crippen LogP) is 3.30. The molecule has 112 valence electrons. The van der Waals surface area contributed by atoms with Crippen molar-refractivity contribution in [3.63, 3.8) is 0 Å². The first-order valence-electron chi connectivity index (χ1n) is 6.59. The minimum absolute atomic E-state index is 0.0366. The number of ether oxygens (including phenoxy) is 1. The first kappa shape index (κ1) is 15.3. The van der Waals surface area contributed by atoms with Gasteiger partial charge in [0.1, 0.15) is 11.4 Å². The number of hydrogen-bond acceptors (Lipinski definition) is 6.